The lowest BCUT2D eigenvalue weighted by atomic mass is 9.95. The second-order valence-corrected chi connectivity index (χ2v) is 8.40. The van der Waals surface area contributed by atoms with Gasteiger partial charge in [-0.2, -0.15) is 0 Å². The molecule has 0 aliphatic heterocycles. The summed E-state index contributed by atoms with van der Waals surface area (Å²) in [6.45, 7) is 12.4. The third-order valence-corrected chi connectivity index (χ3v) is 4.50. The van der Waals surface area contributed by atoms with Gasteiger partial charge in [-0.1, -0.05) is 56.2 Å². The van der Waals surface area contributed by atoms with Crippen LogP contribution in [0.15, 0.2) is 53.1 Å². The molecule has 0 aliphatic carbocycles. The van der Waals surface area contributed by atoms with E-state index in [1.807, 2.05) is 33.1 Å². The van der Waals surface area contributed by atoms with Crippen LogP contribution < -0.4 is 5.32 Å². The summed E-state index contributed by atoms with van der Waals surface area (Å²) in [6.07, 6.45) is 13.5. The SMILES string of the molecule is CCCC\C=C/C=C(C)/C(=C\C=NC)c1ccc(CNC(=O)OC(C)(C)C)c(C)c1. The smallest absolute Gasteiger partial charge is 0.407 e. The number of benzene rings is 1. The van der Waals surface area contributed by atoms with Gasteiger partial charge >= 0.3 is 6.09 Å². The number of carbonyl (C=O) groups is 1. The van der Waals surface area contributed by atoms with Gasteiger partial charge in [0.2, 0.25) is 0 Å². The molecule has 0 saturated heterocycles. The molecule has 1 rings (SSSR count). The van der Waals surface area contributed by atoms with Crippen molar-refractivity contribution >= 4 is 17.9 Å². The zero-order valence-corrected chi connectivity index (χ0v) is 19.7. The molecule has 0 atom stereocenters. The van der Waals surface area contributed by atoms with Crippen molar-refractivity contribution in [1.82, 2.24) is 5.32 Å². The van der Waals surface area contributed by atoms with Gasteiger partial charge in [0.05, 0.1) is 0 Å². The molecule has 0 spiro atoms. The number of allylic oxidation sites excluding steroid dienone is 6. The molecule has 0 fully saturated rings. The summed E-state index contributed by atoms with van der Waals surface area (Å²) in [5, 5.41) is 2.83. The lowest BCUT2D eigenvalue weighted by Gasteiger charge is -2.20. The van der Waals surface area contributed by atoms with Crippen LogP contribution in [0.4, 0.5) is 4.79 Å². The molecule has 4 nitrogen and oxygen atoms in total. The fourth-order valence-electron chi connectivity index (χ4n) is 2.87. The maximum Gasteiger partial charge on any atom is 0.407 e. The van der Waals surface area contributed by atoms with Gasteiger partial charge < -0.3 is 10.1 Å². The van der Waals surface area contributed by atoms with Crippen LogP contribution in [0.3, 0.4) is 0 Å². The van der Waals surface area contributed by atoms with Gasteiger partial charge in [-0.05, 0) is 75.0 Å². The molecule has 0 unspecified atom stereocenters. The predicted octanol–water partition coefficient (Wildman–Crippen LogP) is 6.80. The number of aryl methyl sites for hydroxylation is 1. The highest BCUT2D eigenvalue weighted by atomic mass is 16.6. The summed E-state index contributed by atoms with van der Waals surface area (Å²) in [4.78, 5) is 16.0. The van der Waals surface area contributed by atoms with Crippen molar-refractivity contribution in [3.63, 3.8) is 0 Å². The average Bonchev–Trinajstić information content (AvgIpc) is 2.66. The van der Waals surface area contributed by atoms with E-state index in [0.29, 0.717) is 6.54 Å². The van der Waals surface area contributed by atoms with Gasteiger partial charge in [0.25, 0.3) is 0 Å². The number of nitrogens with one attached hydrogen (secondary N) is 1. The normalized spacial score (nSPS) is 13.3. The second-order valence-electron chi connectivity index (χ2n) is 8.40. The summed E-state index contributed by atoms with van der Waals surface area (Å²) in [6, 6.07) is 6.30. The fraction of sp³-hybridized carbons (Fsp3) is 0.462. The number of rotatable bonds is 9. The van der Waals surface area contributed by atoms with Crippen LogP contribution in [0.25, 0.3) is 5.57 Å². The molecule has 0 bridgehead atoms. The van der Waals surface area contributed by atoms with E-state index in [9.17, 15) is 4.79 Å². The van der Waals surface area contributed by atoms with Crippen LogP contribution >= 0.6 is 0 Å². The minimum absolute atomic E-state index is 0.403. The highest BCUT2D eigenvalue weighted by molar-refractivity contribution is 5.91. The molecule has 0 saturated carbocycles. The molecule has 0 aromatic heterocycles. The Bertz CT molecular complexity index is 809. The van der Waals surface area contributed by atoms with Crippen LogP contribution in [0.1, 0.15) is 70.6 Å². The van der Waals surface area contributed by atoms with E-state index in [-0.39, 0.29) is 0 Å². The van der Waals surface area contributed by atoms with Crippen molar-refractivity contribution < 1.29 is 9.53 Å². The highest BCUT2D eigenvalue weighted by Crippen LogP contribution is 2.25. The first kappa shape index (κ1) is 25.4. The lowest BCUT2D eigenvalue weighted by molar-refractivity contribution is 0.0523. The Labute approximate surface area is 182 Å². The number of hydrogen-bond acceptors (Lipinski definition) is 3. The third-order valence-electron chi connectivity index (χ3n) is 4.50. The number of ether oxygens (including phenoxy) is 1. The van der Waals surface area contributed by atoms with Crippen molar-refractivity contribution in [1.29, 1.82) is 0 Å². The number of unbranched alkanes of at least 4 members (excludes halogenated alkanes) is 2. The molecule has 0 radical (unpaired) electrons. The predicted molar refractivity (Wildman–Crippen MR) is 129 cm³/mol. The van der Waals surface area contributed by atoms with Crippen LogP contribution in [-0.4, -0.2) is 25.0 Å². The number of alkyl carbamates (subject to hydrolysis) is 1. The van der Waals surface area contributed by atoms with Gasteiger partial charge in [-0.3, -0.25) is 4.99 Å². The molecule has 1 N–H and O–H groups in total. The van der Waals surface area contributed by atoms with Crippen LogP contribution in [-0.2, 0) is 11.3 Å². The Morgan fingerprint density at radius 2 is 1.97 bits per heavy atom. The Balaban J connectivity index is 2.98. The van der Waals surface area contributed by atoms with E-state index in [2.05, 4.69) is 67.5 Å². The van der Waals surface area contributed by atoms with Gasteiger partial charge in [0, 0.05) is 19.8 Å². The molecule has 30 heavy (non-hydrogen) atoms. The van der Waals surface area contributed by atoms with Crippen molar-refractivity contribution in [2.24, 2.45) is 4.99 Å². The zero-order valence-electron chi connectivity index (χ0n) is 19.7. The number of aliphatic imine (C=N–C) groups is 1. The number of carbonyl (C=O) groups excluding carboxylic acids is 1. The van der Waals surface area contributed by atoms with E-state index in [1.165, 1.54) is 18.4 Å². The maximum atomic E-state index is 11.9. The summed E-state index contributed by atoms with van der Waals surface area (Å²) in [5.41, 5.74) is 5.13. The van der Waals surface area contributed by atoms with Crippen LogP contribution in [0.5, 0.6) is 0 Å². The third kappa shape index (κ3) is 9.73. The minimum Gasteiger partial charge on any atom is -0.444 e. The van der Waals surface area contributed by atoms with Crippen molar-refractivity contribution in [3.8, 4) is 0 Å². The molecule has 164 valence electrons. The molecule has 1 amide bonds. The minimum atomic E-state index is -0.502. The van der Waals surface area contributed by atoms with Crippen molar-refractivity contribution in [2.75, 3.05) is 7.05 Å². The number of amides is 1. The molecule has 0 heterocycles. The summed E-state index contributed by atoms with van der Waals surface area (Å²) >= 11 is 0. The molecular formula is C26H38N2O2. The molecule has 4 heteroatoms. The lowest BCUT2D eigenvalue weighted by Crippen LogP contribution is -2.32. The van der Waals surface area contributed by atoms with Crippen LogP contribution in [0, 0.1) is 6.92 Å². The van der Waals surface area contributed by atoms with Gasteiger partial charge in [-0.25, -0.2) is 4.79 Å². The molecular weight excluding hydrogens is 372 g/mol. The van der Waals surface area contributed by atoms with E-state index >= 15 is 0 Å². The van der Waals surface area contributed by atoms with E-state index in [0.717, 1.165) is 28.7 Å². The monoisotopic (exact) mass is 410 g/mol. The summed E-state index contributed by atoms with van der Waals surface area (Å²) in [5.74, 6) is 0. The Morgan fingerprint density at radius 3 is 2.57 bits per heavy atom. The van der Waals surface area contributed by atoms with Gasteiger partial charge in [0.1, 0.15) is 5.60 Å². The van der Waals surface area contributed by atoms with E-state index in [4.69, 9.17) is 4.74 Å². The van der Waals surface area contributed by atoms with Gasteiger partial charge in [-0.15, -0.1) is 0 Å². The zero-order chi connectivity index (χ0) is 22.6. The largest absolute Gasteiger partial charge is 0.444 e. The Hall–Kier alpha value is -2.62. The molecule has 0 aliphatic rings. The first-order chi connectivity index (χ1) is 14.2. The van der Waals surface area contributed by atoms with Crippen molar-refractivity contribution in [3.05, 3.63) is 64.8 Å². The summed E-state index contributed by atoms with van der Waals surface area (Å²) < 4.78 is 5.31. The topological polar surface area (TPSA) is 50.7 Å². The molecule has 1 aromatic rings. The fourth-order valence-corrected chi connectivity index (χ4v) is 2.87. The first-order valence-corrected chi connectivity index (χ1v) is 10.7. The second kappa shape index (κ2) is 12.8. The van der Waals surface area contributed by atoms with E-state index in [1.54, 1.807) is 7.05 Å². The quantitative estimate of drug-likeness (QED) is 0.276. The van der Waals surface area contributed by atoms with Gasteiger partial charge in [0.15, 0.2) is 0 Å². The number of nitrogens with zero attached hydrogens (tertiary/aromatic N) is 1. The standard InChI is InChI=1S/C26H38N2O2/c1-8-9-10-11-12-13-20(2)24(16-17-27-7)22-14-15-23(21(3)18-22)19-28-25(29)30-26(4,5)6/h11-18H,8-10,19H2,1-7H3,(H,28,29)/b12-11-,20-13+,24-16+,27-17?. The van der Waals surface area contributed by atoms with Crippen LogP contribution in [0.2, 0.25) is 0 Å². The Morgan fingerprint density at radius 1 is 1.23 bits per heavy atom. The van der Waals surface area contributed by atoms with E-state index < -0.39 is 11.7 Å². The first-order valence-electron chi connectivity index (χ1n) is 10.7. The highest BCUT2D eigenvalue weighted by Gasteiger charge is 2.16. The maximum absolute atomic E-state index is 11.9. The Kier molecular flexibility index (Phi) is 10.9. The average molecular weight is 411 g/mol. The number of hydrogen-bond donors (Lipinski definition) is 1. The van der Waals surface area contributed by atoms with Crippen molar-refractivity contribution in [2.45, 2.75) is 73.0 Å². The summed E-state index contributed by atoms with van der Waals surface area (Å²) in [7, 11) is 1.77. The molecule has 1 aromatic carbocycles.